The summed E-state index contributed by atoms with van der Waals surface area (Å²) in [5.74, 6) is 0.0211. The van der Waals surface area contributed by atoms with Crippen LogP contribution in [-0.2, 0) is 27.0 Å². The fourth-order valence-electron chi connectivity index (χ4n) is 1.56. The average Bonchev–Trinajstić information content (AvgIpc) is 2.42. The first-order chi connectivity index (χ1) is 9.90. The molecule has 0 saturated carbocycles. The van der Waals surface area contributed by atoms with E-state index >= 15 is 0 Å². The molecule has 0 fully saturated rings. The molecule has 21 heavy (non-hydrogen) atoms. The van der Waals surface area contributed by atoms with Gasteiger partial charge < -0.3 is 5.11 Å². The Morgan fingerprint density at radius 3 is 1.90 bits per heavy atom. The predicted molar refractivity (Wildman–Crippen MR) is 78.8 cm³/mol. The first kappa shape index (κ1) is 19.0. The topological polar surface area (TPSA) is 20.2 Å². The van der Waals surface area contributed by atoms with Crippen LogP contribution in [0.1, 0.15) is 5.56 Å². The number of halogens is 5. The van der Waals surface area contributed by atoms with Crippen molar-refractivity contribution in [1.29, 1.82) is 0 Å². The Hall–Kier alpha value is -0.0769. The van der Waals surface area contributed by atoms with Gasteiger partial charge in [0, 0.05) is 5.30 Å². The summed E-state index contributed by atoms with van der Waals surface area (Å²) in [7, 11) is 9.65. The molecule has 0 spiro atoms. The van der Waals surface area contributed by atoms with E-state index in [-0.39, 0.29) is 19.6 Å². The number of phenols is 1. The van der Waals surface area contributed by atoms with Crippen molar-refractivity contribution >= 4 is 36.2 Å². The number of hydrogen-bond acceptors (Lipinski definition) is 1. The maximum absolute atomic E-state index is 12.8. The van der Waals surface area contributed by atoms with Crippen LogP contribution >= 0.6 is 25.6 Å². The zero-order chi connectivity index (χ0) is 15.9. The average molecular weight is 432 g/mol. The van der Waals surface area contributed by atoms with Crippen LogP contribution in [0.15, 0.2) is 48.5 Å². The van der Waals surface area contributed by atoms with Crippen molar-refractivity contribution in [3.05, 3.63) is 54.1 Å². The molecule has 8 heteroatoms. The third-order valence-corrected chi connectivity index (χ3v) is 3.80. The normalized spacial score (nSPS) is 11.1. The van der Waals surface area contributed by atoms with E-state index in [1.165, 1.54) is 18.2 Å². The summed E-state index contributed by atoms with van der Waals surface area (Å²) >= 11 is -0.826. The van der Waals surface area contributed by atoms with E-state index in [0.29, 0.717) is 5.30 Å². The van der Waals surface area contributed by atoms with Gasteiger partial charge in [-0.3, -0.25) is 0 Å². The van der Waals surface area contributed by atoms with Gasteiger partial charge in [0.1, 0.15) is 5.75 Å². The van der Waals surface area contributed by atoms with Crippen LogP contribution in [0.2, 0.25) is 0 Å². The second-order valence-electron chi connectivity index (χ2n) is 3.76. The van der Waals surface area contributed by atoms with Gasteiger partial charge in [-0.25, -0.2) is 0 Å². The van der Waals surface area contributed by atoms with E-state index in [4.69, 9.17) is 17.0 Å². The number of phenolic OH excluding ortho intramolecular Hbond substituents is 1. The van der Waals surface area contributed by atoms with Gasteiger partial charge in [0.05, 0.1) is 5.56 Å². The van der Waals surface area contributed by atoms with Crippen molar-refractivity contribution in [1.82, 2.24) is 0 Å². The van der Waals surface area contributed by atoms with Gasteiger partial charge in [0.15, 0.2) is 0 Å². The number of para-hydroxylation sites is 1. The van der Waals surface area contributed by atoms with Gasteiger partial charge >= 0.3 is 44.1 Å². The van der Waals surface area contributed by atoms with Gasteiger partial charge in [-0.1, -0.05) is 45.0 Å². The third-order valence-electron chi connectivity index (χ3n) is 2.41. The van der Waals surface area contributed by atoms with Crippen LogP contribution in [-0.4, -0.2) is 5.11 Å². The minimum atomic E-state index is -4.37. The van der Waals surface area contributed by atoms with Crippen molar-refractivity contribution in [3.8, 4) is 5.75 Å². The fourth-order valence-corrected chi connectivity index (χ4v) is 2.78. The number of alkyl halides is 3. The first-order valence-corrected chi connectivity index (χ1v) is 12.9. The molecule has 0 bridgehead atoms. The summed E-state index contributed by atoms with van der Waals surface area (Å²) in [6.45, 7) is 0. The first-order valence-electron chi connectivity index (χ1n) is 5.57. The van der Waals surface area contributed by atoms with Crippen LogP contribution in [0.5, 0.6) is 5.75 Å². The van der Waals surface area contributed by atoms with Gasteiger partial charge in [-0.2, -0.15) is 13.2 Å². The molecule has 1 atom stereocenters. The van der Waals surface area contributed by atoms with Crippen molar-refractivity contribution < 1.29 is 39.1 Å². The van der Waals surface area contributed by atoms with E-state index in [1.807, 2.05) is 0 Å². The Morgan fingerprint density at radius 1 is 0.905 bits per heavy atom. The molecule has 0 radical (unpaired) electrons. The molecule has 1 unspecified atom stereocenters. The van der Waals surface area contributed by atoms with Gasteiger partial charge in [-0.15, -0.1) is 0 Å². The van der Waals surface area contributed by atoms with Crippen molar-refractivity contribution in [3.63, 3.8) is 0 Å². The summed E-state index contributed by atoms with van der Waals surface area (Å²) in [6, 6.07) is 11.9. The molecule has 112 valence electrons. The molecule has 0 aromatic heterocycles. The molecule has 0 aliphatic carbocycles. The number of benzene rings is 2. The molecule has 0 aliphatic rings. The summed E-state index contributed by atoms with van der Waals surface area (Å²) < 4.78 is 38.4. The van der Waals surface area contributed by atoms with Crippen molar-refractivity contribution in [2.45, 2.75) is 6.18 Å². The summed E-state index contributed by atoms with van der Waals surface area (Å²) in [5, 5.41) is 10.3. The van der Waals surface area contributed by atoms with E-state index in [1.54, 1.807) is 24.3 Å². The molecule has 2 aromatic carbocycles. The molecule has 1 nitrogen and oxygen atoms in total. The molecule has 0 amide bonds. The second-order valence-corrected chi connectivity index (χ2v) is 8.82. The summed E-state index contributed by atoms with van der Waals surface area (Å²) in [5.41, 5.74) is -0.647. The molecule has 1 N–H and O–H groups in total. The Bertz CT molecular complexity index is 581. The molecule has 0 saturated heterocycles. The van der Waals surface area contributed by atoms with Gasteiger partial charge in [-0.05, 0) is 17.4 Å². The number of hydrogen-bond donors (Lipinski definition) is 1. The molecule has 2 aromatic rings. The Kier molecular flexibility index (Phi) is 8.27. The third kappa shape index (κ3) is 6.28. The van der Waals surface area contributed by atoms with Gasteiger partial charge in [0.25, 0.3) is 0 Å². The molecule has 2 rings (SSSR count). The molecule has 0 heterocycles. The minimum absolute atomic E-state index is 0.0211. The predicted octanol–water partition coefficient (Wildman–Crippen LogP) is 4.42. The molecular weight excluding hydrogens is 422 g/mol. The monoisotopic (exact) mass is 430 g/mol. The number of aromatic hydroxyl groups is 1. The summed E-state index contributed by atoms with van der Waals surface area (Å²) in [4.78, 5) is 0. The fraction of sp³-hybridized carbons (Fsp3) is 0.0769. The zero-order valence-corrected chi connectivity index (χ0v) is 15.4. The second kappa shape index (κ2) is 9.15. The van der Waals surface area contributed by atoms with Crippen LogP contribution < -0.4 is 10.6 Å². The van der Waals surface area contributed by atoms with E-state index in [0.717, 1.165) is 6.07 Å². The molecular formula is C13H10Cl2F3OPZr. The van der Waals surface area contributed by atoms with E-state index in [9.17, 15) is 18.3 Å². The van der Waals surface area contributed by atoms with Crippen molar-refractivity contribution in [2.75, 3.05) is 0 Å². The van der Waals surface area contributed by atoms with Crippen LogP contribution in [0, 0.1) is 0 Å². The van der Waals surface area contributed by atoms with Crippen LogP contribution in [0.25, 0.3) is 0 Å². The number of rotatable bonds is 2. The quantitative estimate of drug-likeness (QED) is 0.697. The van der Waals surface area contributed by atoms with Crippen molar-refractivity contribution in [2.24, 2.45) is 0 Å². The van der Waals surface area contributed by atoms with E-state index < -0.39 is 32.6 Å². The van der Waals surface area contributed by atoms with Crippen LogP contribution in [0.3, 0.4) is 0 Å². The molecule has 0 aliphatic heterocycles. The Labute approximate surface area is 140 Å². The standard InChI is InChI=1S/C13H10F3OP.2ClH.Zr/c14-13(15,16)9-5-1-3-7-11(9)18-12-8-4-2-6-10(12)17;;;/h1-8,17-18H;2*1H;/q;;;+2/p-2. The Morgan fingerprint density at radius 2 is 1.38 bits per heavy atom. The summed E-state index contributed by atoms with van der Waals surface area (Å²) in [6.07, 6.45) is -4.37. The zero-order valence-electron chi connectivity index (χ0n) is 10.5. The van der Waals surface area contributed by atoms with Crippen LogP contribution in [0.4, 0.5) is 13.2 Å². The SMILES string of the molecule is Oc1ccccc1Pc1ccccc1C(F)(F)F.[Cl][Zr][Cl]. The van der Waals surface area contributed by atoms with Gasteiger partial charge in [0.2, 0.25) is 0 Å². The van der Waals surface area contributed by atoms with E-state index in [2.05, 4.69) is 0 Å². The maximum atomic E-state index is 12.8. The Balaban J connectivity index is 0.000000677.